The summed E-state index contributed by atoms with van der Waals surface area (Å²) in [4.78, 5) is 14.8. The fraction of sp³-hybridized carbons (Fsp3) is 0.267. The van der Waals surface area contributed by atoms with Crippen molar-refractivity contribution >= 4 is 16.6 Å². The van der Waals surface area contributed by atoms with Gasteiger partial charge in [0.05, 0.1) is 11.0 Å². The minimum Gasteiger partial charge on any atom is -0.319 e. The summed E-state index contributed by atoms with van der Waals surface area (Å²) in [6.07, 6.45) is 0. The number of aromatic nitrogens is 2. The quantitative estimate of drug-likeness (QED) is 0.643. The van der Waals surface area contributed by atoms with E-state index < -0.39 is 0 Å². The van der Waals surface area contributed by atoms with Gasteiger partial charge in [0.1, 0.15) is 5.52 Å². The molecule has 0 amide bonds. The number of para-hydroxylation sites is 2. The van der Waals surface area contributed by atoms with Gasteiger partial charge in [0.2, 0.25) is 0 Å². The number of fused-ring (bicyclic) bond motifs is 3. The van der Waals surface area contributed by atoms with Crippen LogP contribution in [0, 0.1) is 13.8 Å². The fourth-order valence-corrected chi connectivity index (χ4v) is 2.17. The monoisotopic (exact) mass is 244 g/mol. The average molecular weight is 244 g/mol. The van der Waals surface area contributed by atoms with E-state index in [1.807, 2.05) is 62.4 Å². The summed E-state index contributed by atoms with van der Waals surface area (Å²) in [5, 5.41) is 0. The Morgan fingerprint density at radius 1 is 1.11 bits per heavy atom. The summed E-state index contributed by atoms with van der Waals surface area (Å²) >= 11 is 0. The molecule has 0 unspecified atom stereocenters. The van der Waals surface area contributed by atoms with Gasteiger partial charge in [-0.1, -0.05) is 26.0 Å². The highest BCUT2D eigenvalue weighted by atomic mass is 16.1. The summed E-state index contributed by atoms with van der Waals surface area (Å²) in [6, 6.07) is 9.78. The van der Waals surface area contributed by atoms with Crippen LogP contribution in [-0.4, -0.2) is 9.38 Å². The normalized spacial score (nSPS) is 10.4. The second-order valence-corrected chi connectivity index (χ2v) is 4.10. The molecule has 2 heterocycles. The number of rotatable bonds is 0. The van der Waals surface area contributed by atoms with Gasteiger partial charge in [-0.2, -0.15) is 0 Å². The van der Waals surface area contributed by atoms with Crippen LogP contribution in [0.3, 0.4) is 0 Å². The Labute approximate surface area is 108 Å². The molecule has 1 N–H and O–H groups in total. The van der Waals surface area contributed by atoms with Crippen LogP contribution in [0.2, 0.25) is 0 Å². The molecule has 1 aromatic carbocycles. The Kier molecular flexibility index (Phi) is 3.24. The molecule has 3 rings (SSSR count). The van der Waals surface area contributed by atoms with Gasteiger partial charge in [0.15, 0.2) is 0 Å². The summed E-state index contributed by atoms with van der Waals surface area (Å²) in [6.45, 7) is 8.06. The summed E-state index contributed by atoms with van der Waals surface area (Å²) in [5.41, 5.74) is 4.86. The minimum absolute atomic E-state index is 0. The molecule has 3 aromatic rings. The SMILES string of the molecule is CC.Cc1cc2c(=O)[nH]c3ccccc3n2c1C.[HH]. The number of hydrogen-bond donors (Lipinski definition) is 1. The third kappa shape index (κ3) is 1.72. The number of benzene rings is 1. The van der Waals surface area contributed by atoms with E-state index in [1.165, 1.54) is 0 Å². The van der Waals surface area contributed by atoms with Gasteiger partial charge in [-0.3, -0.25) is 4.79 Å². The van der Waals surface area contributed by atoms with Crippen LogP contribution >= 0.6 is 0 Å². The lowest BCUT2D eigenvalue weighted by atomic mass is 10.3. The second-order valence-electron chi connectivity index (χ2n) is 4.10. The average Bonchev–Trinajstić information content (AvgIpc) is 2.70. The van der Waals surface area contributed by atoms with Gasteiger partial charge in [0, 0.05) is 7.12 Å². The van der Waals surface area contributed by atoms with Crippen molar-refractivity contribution in [1.29, 1.82) is 0 Å². The summed E-state index contributed by atoms with van der Waals surface area (Å²) in [5.74, 6) is 0. The summed E-state index contributed by atoms with van der Waals surface area (Å²) in [7, 11) is 0. The van der Waals surface area contributed by atoms with E-state index in [-0.39, 0.29) is 6.99 Å². The largest absolute Gasteiger partial charge is 0.319 e. The molecular weight excluding hydrogens is 224 g/mol. The Hall–Kier alpha value is -2.03. The molecular formula is C15H20N2O. The molecule has 3 heteroatoms. The van der Waals surface area contributed by atoms with E-state index in [2.05, 4.69) is 4.98 Å². The van der Waals surface area contributed by atoms with Crippen LogP contribution in [0.5, 0.6) is 0 Å². The van der Waals surface area contributed by atoms with Gasteiger partial charge >= 0.3 is 0 Å². The van der Waals surface area contributed by atoms with Crippen molar-refractivity contribution < 1.29 is 1.43 Å². The molecule has 0 radical (unpaired) electrons. The predicted molar refractivity (Wildman–Crippen MR) is 78.5 cm³/mol. The molecule has 96 valence electrons. The second kappa shape index (κ2) is 4.69. The molecule has 0 aliphatic heterocycles. The van der Waals surface area contributed by atoms with Crippen molar-refractivity contribution in [3.63, 3.8) is 0 Å². The number of nitrogens with one attached hydrogen (secondary N) is 1. The third-order valence-corrected chi connectivity index (χ3v) is 3.13. The van der Waals surface area contributed by atoms with Crippen LogP contribution in [0.4, 0.5) is 0 Å². The van der Waals surface area contributed by atoms with E-state index in [4.69, 9.17) is 0 Å². The number of aryl methyl sites for hydroxylation is 2. The Bertz CT molecular complexity index is 756. The van der Waals surface area contributed by atoms with Gasteiger partial charge in [0.25, 0.3) is 5.56 Å². The smallest absolute Gasteiger partial charge is 0.272 e. The molecule has 0 bridgehead atoms. The number of hydrogen-bond acceptors (Lipinski definition) is 1. The van der Waals surface area contributed by atoms with Crippen LogP contribution < -0.4 is 5.56 Å². The van der Waals surface area contributed by atoms with E-state index >= 15 is 0 Å². The highest BCUT2D eigenvalue weighted by molar-refractivity contribution is 5.79. The standard InChI is InChI=1S/C13H12N2O.C2H6.H2/c1-8-7-12-13(16)14-10-5-3-4-6-11(10)15(12)9(8)2;1-2;/h3-7H,1-2H3,(H,14,16);1-2H3;1H. The molecule has 0 aliphatic rings. The van der Waals surface area contributed by atoms with E-state index in [0.29, 0.717) is 5.52 Å². The number of nitrogens with zero attached hydrogens (tertiary/aromatic N) is 1. The topological polar surface area (TPSA) is 37.3 Å². The lowest BCUT2D eigenvalue weighted by Crippen LogP contribution is -2.10. The van der Waals surface area contributed by atoms with Crippen LogP contribution in [0.25, 0.3) is 16.6 Å². The zero-order valence-electron chi connectivity index (χ0n) is 11.2. The van der Waals surface area contributed by atoms with Crippen LogP contribution in [-0.2, 0) is 0 Å². The van der Waals surface area contributed by atoms with Crippen LogP contribution in [0.15, 0.2) is 35.1 Å². The van der Waals surface area contributed by atoms with Gasteiger partial charge in [-0.25, -0.2) is 0 Å². The minimum atomic E-state index is -0.0325. The number of H-pyrrole nitrogens is 1. The molecule has 3 nitrogen and oxygen atoms in total. The first kappa shape index (κ1) is 12.4. The molecule has 2 aromatic heterocycles. The first-order valence-corrected chi connectivity index (χ1v) is 6.28. The van der Waals surface area contributed by atoms with Crippen molar-refractivity contribution in [2.75, 3.05) is 0 Å². The highest BCUT2D eigenvalue weighted by Gasteiger charge is 2.08. The molecule has 0 saturated heterocycles. The van der Waals surface area contributed by atoms with Crippen LogP contribution in [0.1, 0.15) is 26.5 Å². The first-order chi connectivity index (χ1) is 8.68. The summed E-state index contributed by atoms with van der Waals surface area (Å²) < 4.78 is 2.02. The molecule has 0 fully saturated rings. The highest BCUT2D eigenvalue weighted by Crippen LogP contribution is 2.18. The lowest BCUT2D eigenvalue weighted by molar-refractivity contribution is 1.11. The fourth-order valence-electron chi connectivity index (χ4n) is 2.17. The van der Waals surface area contributed by atoms with Crippen molar-refractivity contribution in [3.8, 4) is 0 Å². The number of aromatic amines is 1. The van der Waals surface area contributed by atoms with Gasteiger partial charge in [-0.05, 0) is 37.6 Å². The van der Waals surface area contributed by atoms with Gasteiger partial charge in [-0.15, -0.1) is 0 Å². The maximum Gasteiger partial charge on any atom is 0.272 e. The molecule has 0 spiro atoms. The molecule has 0 atom stereocenters. The molecule has 18 heavy (non-hydrogen) atoms. The maximum absolute atomic E-state index is 11.9. The Morgan fingerprint density at radius 3 is 2.50 bits per heavy atom. The first-order valence-electron chi connectivity index (χ1n) is 6.28. The van der Waals surface area contributed by atoms with Gasteiger partial charge < -0.3 is 9.38 Å². The molecule has 0 saturated carbocycles. The molecule has 0 aliphatic carbocycles. The maximum atomic E-state index is 11.9. The van der Waals surface area contributed by atoms with Crippen molar-refractivity contribution in [2.45, 2.75) is 27.7 Å². The van der Waals surface area contributed by atoms with Crippen molar-refractivity contribution in [2.24, 2.45) is 0 Å². The predicted octanol–water partition coefficient (Wildman–Crippen LogP) is 3.67. The van der Waals surface area contributed by atoms with E-state index in [9.17, 15) is 4.79 Å². The van der Waals surface area contributed by atoms with Crippen molar-refractivity contribution in [1.82, 2.24) is 9.38 Å². The lowest BCUT2D eigenvalue weighted by Gasteiger charge is -2.04. The van der Waals surface area contributed by atoms with Crippen molar-refractivity contribution in [3.05, 3.63) is 51.9 Å². The zero-order valence-corrected chi connectivity index (χ0v) is 11.2. The van der Waals surface area contributed by atoms with E-state index in [1.54, 1.807) is 0 Å². The van der Waals surface area contributed by atoms with E-state index in [0.717, 1.165) is 22.3 Å². The Morgan fingerprint density at radius 2 is 1.78 bits per heavy atom. The zero-order chi connectivity index (χ0) is 13.3. The Balaban J connectivity index is 0.000000576. The third-order valence-electron chi connectivity index (χ3n) is 3.13.